The van der Waals surface area contributed by atoms with E-state index < -0.39 is 0 Å². The number of nitrogens with one attached hydrogen (secondary N) is 1. The molecule has 1 aromatic heterocycles. The van der Waals surface area contributed by atoms with E-state index in [0.29, 0.717) is 12.3 Å². The number of H-pyrrole nitrogens is 1. The van der Waals surface area contributed by atoms with Gasteiger partial charge >= 0.3 is 0 Å². The van der Waals surface area contributed by atoms with Crippen molar-refractivity contribution >= 4 is 16.7 Å². The van der Waals surface area contributed by atoms with Crippen LogP contribution >= 0.6 is 0 Å². The molecular weight excluding hydrogens is 222 g/mol. The van der Waals surface area contributed by atoms with Gasteiger partial charge in [-0.25, -0.2) is 0 Å². The number of rotatable bonds is 4. The Morgan fingerprint density at radius 1 is 1.39 bits per heavy atom. The van der Waals surface area contributed by atoms with Crippen LogP contribution in [0.4, 0.5) is 0 Å². The Morgan fingerprint density at radius 3 is 2.83 bits per heavy atom. The molecule has 0 radical (unpaired) electrons. The Morgan fingerprint density at radius 2 is 2.17 bits per heavy atom. The molecule has 1 heterocycles. The first-order valence-electron chi connectivity index (χ1n) is 6.80. The molecule has 1 fully saturated rings. The van der Waals surface area contributed by atoms with Crippen LogP contribution in [0.25, 0.3) is 10.9 Å². The van der Waals surface area contributed by atoms with Crippen LogP contribution in [0, 0.1) is 5.92 Å². The lowest BCUT2D eigenvalue weighted by atomic mass is 10.0. The monoisotopic (exact) mass is 241 g/mol. The number of Topliss-reactive ketones (excluding diaryl/α,β-unsaturated/α-hetero) is 1. The molecule has 94 valence electrons. The molecule has 1 N–H and O–H groups in total. The summed E-state index contributed by atoms with van der Waals surface area (Å²) < 4.78 is 0. The Hall–Kier alpha value is -1.57. The maximum absolute atomic E-state index is 12.1. The number of aromatic nitrogens is 1. The number of fused-ring (bicyclic) bond motifs is 1. The molecule has 0 bridgehead atoms. The zero-order valence-corrected chi connectivity index (χ0v) is 11.0. The second-order valence-corrected chi connectivity index (χ2v) is 5.79. The van der Waals surface area contributed by atoms with Crippen molar-refractivity contribution in [3.63, 3.8) is 0 Å². The van der Waals surface area contributed by atoms with Crippen LogP contribution in [-0.2, 0) is 0 Å². The second-order valence-electron chi connectivity index (χ2n) is 5.79. The minimum Gasteiger partial charge on any atom is -0.352 e. The molecule has 0 saturated heterocycles. The van der Waals surface area contributed by atoms with Gasteiger partial charge in [0.15, 0.2) is 5.78 Å². The molecule has 0 spiro atoms. The third kappa shape index (κ3) is 2.07. The van der Waals surface area contributed by atoms with Crippen LogP contribution in [0.15, 0.2) is 24.3 Å². The van der Waals surface area contributed by atoms with Gasteiger partial charge < -0.3 is 4.98 Å². The highest BCUT2D eigenvalue weighted by Gasteiger charge is 2.26. The quantitative estimate of drug-likeness (QED) is 0.796. The number of benzene rings is 1. The van der Waals surface area contributed by atoms with Crippen molar-refractivity contribution in [1.82, 2.24) is 4.98 Å². The van der Waals surface area contributed by atoms with Gasteiger partial charge in [-0.1, -0.05) is 26.0 Å². The lowest BCUT2D eigenvalue weighted by molar-refractivity contribution is 0.0964. The molecule has 1 aromatic carbocycles. The summed E-state index contributed by atoms with van der Waals surface area (Å²) in [5.74, 6) is 1.35. The minimum atomic E-state index is 0.225. The molecule has 3 rings (SSSR count). The van der Waals surface area contributed by atoms with Crippen molar-refractivity contribution in [2.24, 2.45) is 5.92 Å². The minimum absolute atomic E-state index is 0.225. The molecule has 1 aliphatic carbocycles. The first kappa shape index (κ1) is 11.5. The number of aromatic amines is 1. The molecule has 0 unspecified atom stereocenters. The van der Waals surface area contributed by atoms with Crippen molar-refractivity contribution in [2.45, 2.75) is 39.0 Å². The predicted molar refractivity (Wildman–Crippen MR) is 74.1 cm³/mol. The van der Waals surface area contributed by atoms with Gasteiger partial charge in [-0.2, -0.15) is 0 Å². The zero-order valence-electron chi connectivity index (χ0n) is 11.0. The fourth-order valence-electron chi connectivity index (χ4n) is 2.56. The van der Waals surface area contributed by atoms with E-state index in [9.17, 15) is 4.79 Å². The van der Waals surface area contributed by atoms with Gasteiger partial charge in [-0.3, -0.25) is 4.79 Å². The summed E-state index contributed by atoms with van der Waals surface area (Å²) in [6.45, 7) is 4.16. The van der Waals surface area contributed by atoms with Gasteiger partial charge in [0.05, 0.1) is 5.69 Å². The van der Waals surface area contributed by atoms with E-state index in [0.717, 1.165) is 17.1 Å². The van der Waals surface area contributed by atoms with E-state index in [-0.39, 0.29) is 5.78 Å². The SMILES string of the molecule is CC(C)CC(=O)c1cc2c(C3CC3)cccc2[nH]1. The van der Waals surface area contributed by atoms with Crippen molar-refractivity contribution in [3.05, 3.63) is 35.5 Å². The van der Waals surface area contributed by atoms with Crippen molar-refractivity contribution in [3.8, 4) is 0 Å². The third-order valence-corrected chi connectivity index (χ3v) is 3.61. The van der Waals surface area contributed by atoms with Crippen LogP contribution in [0.2, 0.25) is 0 Å². The van der Waals surface area contributed by atoms with Crippen molar-refractivity contribution in [2.75, 3.05) is 0 Å². The zero-order chi connectivity index (χ0) is 12.7. The number of hydrogen-bond acceptors (Lipinski definition) is 1. The van der Waals surface area contributed by atoms with Gasteiger partial charge in [-0.05, 0) is 42.4 Å². The van der Waals surface area contributed by atoms with Crippen LogP contribution < -0.4 is 0 Å². The van der Waals surface area contributed by atoms with E-state index >= 15 is 0 Å². The maximum Gasteiger partial charge on any atom is 0.179 e. The highest BCUT2D eigenvalue weighted by Crippen LogP contribution is 2.43. The Bertz CT molecular complexity index is 590. The first-order valence-corrected chi connectivity index (χ1v) is 6.80. The number of ketones is 1. The van der Waals surface area contributed by atoms with Gasteiger partial charge in [0.2, 0.25) is 0 Å². The van der Waals surface area contributed by atoms with Crippen LogP contribution in [0.3, 0.4) is 0 Å². The summed E-state index contributed by atoms with van der Waals surface area (Å²) in [6.07, 6.45) is 3.20. The molecular formula is C16H19NO. The Kier molecular flexibility index (Phi) is 2.73. The van der Waals surface area contributed by atoms with Gasteiger partial charge in [0.25, 0.3) is 0 Å². The molecule has 18 heavy (non-hydrogen) atoms. The van der Waals surface area contributed by atoms with E-state index in [4.69, 9.17) is 0 Å². The lowest BCUT2D eigenvalue weighted by Gasteiger charge is -2.00. The number of carbonyl (C=O) groups is 1. The molecule has 2 nitrogen and oxygen atoms in total. The molecule has 2 aromatic rings. The summed E-state index contributed by atoms with van der Waals surface area (Å²) in [6, 6.07) is 8.40. The summed E-state index contributed by atoms with van der Waals surface area (Å²) in [7, 11) is 0. The summed E-state index contributed by atoms with van der Waals surface area (Å²) in [4.78, 5) is 15.4. The smallest absolute Gasteiger partial charge is 0.179 e. The van der Waals surface area contributed by atoms with E-state index in [1.54, 1.807) is 0 Å². The van der Waals surface area contributed by atoms with Gasteiger partial charge in [0, 0.05) is 17.3 Å². The fourth-order valence-corrected chi connectivity index (χ4v) is 2.56. The second kappa shape index (κ2) is 4.27. The highest BCUT2D eigenvalue weighted by atomic mass is 16.1. The Labute approximate surface area is 107 Å². The molecule has 0 atom stereocenters. The Balaban J connectivity index is 2.00. The number of carbonyl (C=O) groups excluding carboxylic acids is 1. The standard InChI is InChI=1S/C16H19NO/c1-10(2)8-16(18)15-9-13-12(11-6-7-11)4-3-5-14(13)17-15/h3-5,9-11,17H,6-8H2,1-2H3. The van der Waals surface area contributed by atoms with E-state index in [1.165, 1.54) is 23.8 Å². The lowest BCUT2D eigenvalue weighted by Crippen LogP contribution is -2.03. The van der Waals surface area contributed by atoms with Crippen LogP contribution in [0.1, 0.15) is 55.1 Å². The highest BCUT2D eigenvalue weighted by molar-refractivity contribution is 6.00. The molecule has 0 amide bonds. The van der Waals surface area contributed by atoms with E-state index in [2.05, 4.69) is 37.0 Å². The third-order valence-electron chi connectivity index (χ3n) is 3.61. The summed E-state index contributed by atoms with van der Waals surface area (Å²) >= 11 is 0. The summed E-state index contributed by atoms with van der Waals surface area (Å²) in [5.41, 5.74) is 3.28. The number of hydrogen-bond donors (Lipinski definition) is 1. The van der Waals surface area contributed by atoms with Crippen LogP contribution in [0.5, 0.6) is 0 Å². The summed E-state index contributed by atoms with van der Waals surface area (Å²) in [5, 5.41) is 1.24. The van der Waals surface area contributed by atoms with Crippen LogP contribution in [-0.4, -0.2) is 10.8 Å². The topological polar surface area (TPSA) is 32.9 Å². The molecule has 2 heteroatoms. The van der Waals surface area contributed by atoms with Crippen molar-refractivity contribution < 1.29 is 4.79 Å². The van der Waals surface area contributed by atoms with Gasteiger partial charge in [-0.15, -0.1) is 0 Å². The fraction of sp³-hybridized carbons (Fsp3) is 0.438. The van der Waals surface area contributed by atoms with Gasteiger partial charge in [0.1, 0.15) is 0 Å². The first-order chi connectivity index (χ1) is 8.65. The largest absolute Gasteiger partial charge is 0.352 e. The van der Waals surface area contributed by atoms with E-state index in [1.807, 2.05) is 6.07 Å². The molecule has 1 saturated carbocycles. The molecule has 1 aliphatic rings. The molecule has 0 aliphatic heterocycles. The maximum atomic E-state index is 12.1. The van der Waals surface area contributed by atoms with Crippen molar-refractivity contribution in [1.29, 1.82) is 0 Å². The predicted octanol–water partition coefficient (Wildman–Crippen LogP) is 4.27. The normalized spacial score (nSPS) is 15.5. The average Bonchev–Trinajstić information content (AvgIpc) is 3.05. The average molecular weight is 241 g/mol.